The molecule has 1 atom stereocenters. The van der Waals surface area contributed by atoms with Crippen molar-refractivity contribution in [2.75, 3.05) is 19.9 Å². The summed E-state index contributed by atoms with van der Waals surface area (Å²) < 4.78 is 40.2. The van der Waals surface area contributed by atoms with E-state index in [4.69, 9.17) is 9.47 Å². The summed E-state index contributed by atoms with van der Waals surface area (Å²) in [5.74, 6) is 2.49. The number of alkyl halides is 1. The first kappa shape index (κ1) is 24.4. The van der Waals surface area contributed by atoms with E-state index in [1.165, 1.54) is 25.7 Å². The minimum absolute atomic E-state index is 0.0140. The highest BCUT2D eigenvalue weighted by Gasteiger charge is 2.35. The molecule has 3 aliphatic carbocycles. The zero-order valence-electron chi connectivity index (χ0n) is 20.1. The number of hydrogen-bond acceptors (Lipinski definition) is 2. The number of rotatable bonds is 8. The van der Waals surface area contributed by atoms with Gasteiger partial charge < -0.3 is 9.47 Å². The summed E-state index contributed by atoms with van der Waals surface area (Å²) in [5, 5.41) is 0. The molecule has 2 saturated carbocycles. The average molecular weight is 451 g/mol. The van der Waals surface area contributed by atoms with Crippen LogP contribution in [0.2, 0.25) is 0 Å². The highest BCUT2D eigenvalue weighted by molar-refractivity contribution is 5.32. The van der Waals surface area contributed by atoms with Gasteiger partial charge in [-0.05, 0) is 99.5 Å². The van der Waals surface area contributed by atoms with E-state index in [1.807, 2.05) is 6.08 Å². The molecule has 0 N–H and O–H groups in total. The molecule has 0 aromatic heterocycles. The summed E-state index contributed by atoms with van der Waals surface area (Å²) in [6.07, 6.45) is 18.4. The highest BCUT2D eigenvalue weighted by Crippen LogP contribution is 2.44. The molecule has 0 radical (unpaired) electrons. The Morgan fingerprint density at radius 1 is 0.875 bits per heavy atom. The maximum absolute atomic E-state index is 15.0. The van der Waals surface area contributed by atoms with Crippen LogP contribution in [0, 0.1) is 35.5 Å². The van der Waals surface area contributed by atoms with Crippen LogP contribution < -0.4 is 0 Å². The van der Waals surface area contributed by atoms with Gasteiger partial charge in [0.1, 0.15) is 5.83 Å². The van der Waals surface area contributed by atoms with Crippen LogP contribution in [0.4, 0.5) is 8.78 Å². The van der Waals surface area contributed by atoms with Crippen molar-refractivity contribution in [1.29, 1.82) is 0 Å². The number of hydrogen-bond donors (Lipinski definition) is 0. The van der Waals surface area contributed by atoms with Gasteiger partial charge in [0.15, 0.2) is 6.29 Å². The molecule has 1 heterocycles. The van der Waals surface area contributed by atoms with E-state index in [1.54, 1.807) is 0 Å². The number of unbranched alkanes of at least 4 members (excludes halogenated alkanes) is 2. The van der Waals surface area contributed by atoms with Gasteiger partial charge in [0, 0.05) is 11.8 Å². The second kappa shape index (κ2) is 12.1. The molecule has 182 valence electrons. The Kier molecular flexibility index (Phi) is 9.23. The van der Waals surface area contributed by atoms with E-state index in [9.17, 15) is 4.39 Å². The first-order chi connectivity index (χ1) is 15.7. The van der Waals surface area contributed by atoms with Crippen LogP contribution in [0.3, 0.4) is 0 Å². The van der Waals surface area contributed by atoms with Crippen molar-refractivity contribution in [2.45, 2.75) is 96.7 Å². The third kappa shape index (κ3) is 6.23. The molecular weight excluding hydrogens is 406 g/mol. The fraction of sp³-hybridized carbons (Fsp3) is 0.857. The lowest BCUT2D eigenvalue weighted by molar-refractivity contribution is -0.230. The van der Waals surface area contributed by atoms with Crippen LogP contribution in [-0.2, 0) is 9.47 Å². The zero-order valence-corrected chi connectivity index (χ0v) is 20.1. The van der Waals surface area contributed by atoms with Crippen LogP contribution in [-0.4, -0.2) is 26.2 Å². The predicted octanol–water partition coefficient (Wildman–Crippen LogP) is 7.94. The topological polar surface area (TPSA) is 18.5 Å². The van der Waals surface area contributed by atoms with Crippen molar-refractivity contribution >= 4 is 0 Å². The first-order valence-electron chi connectivity index (χ1n) is 13.5. The summed E-state index contributed by atoms with van der Waals surface area (Å²) >= 11 is 0. The molecule has 0 aromatic rings. The van der Waals surface area contributed by atoms with Gasteiger partial charge in [-0.3, -0.25) is 4.39 Å². The van der Waals surface area contributed by atoms with E-state index in [0.717, 1.165) is 76.6 Å². The minimum Gasteiger partial charge on any atom is -0.352 e. The fourth-order valence-corrected chi connectivity index (χ4v) is 6.56. The Morgan fingerprint density at radius 3 is 2.19 bits per heavy atom. The van der Waals surface area contributed by atoms with E-state index in [-0.39, 0.29) is 24.7 Å². The fourth-order valence-electron chi connectivity index (χ4n) is 6.56. The molecule has 1 saturated heterocycles. The lowest BCUT2D eigenvalue weighted by atomic mass is 9.71. The van der Waals surface area contributed by atoms with Crippen LogP contribution in [0.5, 0.6) is 0 Å². The molecule has 1 unspecified atom stereocenters. The second-order valence-corrected chi connectivity index (χ2v) is 11.0. The van der Waals surface area contributed by atoms with Crippen molar-refractivity contribution in [1.82, 2.24) is 0 Å². The van der Waals surface area contributed by atoms with Crippen molar-refractivity contribution < 1.29 is 18.3 Å². The summed E-state index contributed by atoms with van der Waals surface area (Å²) in [5.41, 5.74) is 0.921. The van der Waals surface area contributed by atoms with E-state index >= 15 is 4.39 Å². The Hall–Kier alpha value is -0.740. The maximum atomic E-state index is 15.0. The van der Waals surface area contributed by atoms with Gasteiger partial charge in [-0.1, -0.05) is 32.3 Å². The summed E-state index contributed by atoms with van der Waals surface area (Å²) in [4.78, 5) is 0. The van der Waals surface area contributed by atoms with Gasteiger partial charge in [-0.15, -0.1) is 0 Å². The van der Waals surface area contributed by atoms with Crippen molar-refractivity contribution in [3.63, 3.8) is 0 Å². The smallest absolute Gasteiger partial charge is 0.160 e. The molecule has 4 heteroatoms. The summed E-state index contributed by atoms with van der Waals surface area (Å²) in [6, 6.07) is 0. The lowest BCUT2D eigenvalue weighted by Crippen LogP contribution is -2.39. The zero-order chi connectivity index (χ0) is 22.3. The van der Waals surface area contributed by atoms with Gasteiger partial charge in [-0.25, -0.2) is 4.39 Å². The molecular formula is C28H44F2O2. The van der Waals surface area contributed by atoms with Crippen molar-refractivity contribution in [2.24, 2.45) is 35.5 Å². The maximum Gasteiger partial charge on any atom is 0.160 e. The highest BCUT2D eigenvalue weighted by atomic mass is 19.1. The first-order valence-corrected chi connectivity index (χ1v) is 13.5. The van der Waals surface area contributed by atoms with Crippen LogP contribution in [0.1, 0.15) is 90.4 Å². The molecule has 3 fully saturated rings. The molecule has 0 bridgehead atoms. The van der Waals surface area contributed by atoms with Crippen molar-refractivity contribution in [3.8, 4) is 0 Å². The third-order valence-electron chi connectivity index (χ3n) is 8.77. The Bertz CT molecular complexity index is 621. The number of halogens is 2. The summed E-state index contributed by atoms with van der Waals surface area (Å²) in [6.45, 7) is 3.73. The largest absolute Gasteiger partial charge is 0.352 e. The van der Waals surface area contributed by atoms with Gasteiger partial charge >= 0.3 is 0 Å². The Morgan fingerprint density at radius 2 is 1.56 bits per heavy atom. The average Bonchev–Trinajstić information content (AvgIpc) is 2.85. The number of ether oxygens (including phenoxy) is 2. The van der Waals surface area contributed by atoms with E-state index < -0.39 is 0 Å². The minimum atomic E-state index is -0.217. The second-order valence-electron chi connectivity index (χ2n) is 11.0. The molecule has 32 heavy (non-hydrogen) atoms. The van der Waals surface area contributed by atoms with Crippen LogP contribution in [0.25, 0.3) is 0 Å². The quantitative estimate of drug-likeness (QED) is 0.349. The Labute approximate surface area is 194 Å². The van der Waals surface area contributed by atoms with Gasteiger partial charge in [-0.2, -0.15) is 0 Å². The molecule has 1 aliphatic heterocycles. The van der Waals surface area contributed by atoms with E-state index in [2.05, 4.69) is 13.0 Å². The molecule has 4 rings (SSSR count). The van der Waals surface area contributed by atoms with Crippen LogP contribution in [0.15, 0.2) is 23.6 Å². The lowest BCUT2D eigenvalue weighted by Gasteiger charge is -2.39. The predicted molar refractivity (Wildman–Crippen MR) is 126 cm³/mol. The van der Waals surface area contributed by atoms with E-state index in [0.29, 0.717) is 29.6 Å². The molecule has 2 nitrogen and oxygen atoms in total. The normalized spacial score (nSPS) is 38.8. The van der Waals surface area contributed by atoms with Gasteiger partial charge in [0.2, 0.25) is 0 Å². The monoisotopic (exact) mass is 450 g/mol. The van der Waals surface area contributed by atoms with Gasteiger partial charge in [0.25, 0.3) is 0 Å². The molecule has 0 aromatic carbocycles. The number of allylic oxidation sites excluding steroid dienone is 4. The van der Waals surface area contributed by atoms with Gasteiger partial charge in [0.05, 0.1) is 19.9 Å². The van der Waals surface area contributed by atoms with Crippen LogP contribution >= 0.6 is 0 Å². The Balaban J connectivity index is 1.19. The third-order valence-corrected chi connectivity index (χ3v) is 8.77. The van der Waals surface area contributed by atoms with Crippen molar-refractivity contribution in [3.05, 3.63) is 23.6 Å². The molecule has 0 spiro atoms. The molecule has 0 amide bonds. The SMILES string of the molecule is CCCCCC1COC(C2CCC(C3C=C(F)C(C4CCC(CF)CC4)=CC3)CC2)OC1. The standard InChI is InChI=1S/C28H44F2O2/c1-2-3-4-5-21-18-31-28(32-19-21)24-12-10-22(11-13-24)25-14-15-26(27(30)16-25)23-8-6-20(17-29)7-9-23/h15-16,20-25,28H,2-14,17-19H2,1H3. The molecule has 4 aliphatic rings. The summed E-state index contributed by atoms with van der Waals surface area (Å²) in [7, 11) is 0.